The summed E-state index contributed by atoms with van der Waals surface area (Å²) in [5.41, 5.74) is 1.18. The third-order valence-corrected chi connectivity index (χ3v) is 5.38. The van der Waals surface area contributed by atoms with Gasteiger partial charge in [0.15, 0.2) is 0 Å². The standard InChI is InChI=1S/C19H17NO4S/c1-2-24-19(21)13-12-15-14-20(18-11-7-6-10-17(15)18)25(22,23)16-8-4-3-5-9-16/h3-14H,2H2,1H3/b13-12+. The normalized spacial score (nSPS) is 11.9. The van der Waals surface area contributed by atoms with E-state index in [-0.39, 0.29) is 11.5 Å². The summed E-state index contributed by atoms with van der Waals surface area (Å²) >= 11 is 0. The summed E-state index contributed by atoms with van der Waals surface area (Å²) in [6.07, 6.45) is 4.38. The highest BCUT2D eigenvalue weighted by Gasteiger charge is 2.20. The van der Waals surface area contributed by atoms with Gasteiger partial charge in [0, 0.05) is 23.2 Å². The van der Waals surface area contributed by atoms with Gasteiger partial charge in [0.25, 0.3) is 10.0 Å². The molecule has 3 rings (SSSR count). The molecule has 5 nitrogen and oxygen atoms in total. The maximum Gasteiger partial charge on any atom is 0.330 e. The highest BCUT2D eigenvalue weighted by atomic mass is 32.2. The van der Waals surface area contributed by atoms with Crippen LogP contribution >= 0.6 is 0 Å². The summed E-state index contributed by atoms with van der Waals surface area (Å²) < 4.78 is 32.0. The molecule has 0 atom stereocenters. The van der Waals surface area contributed by atoms with Crippen LogP contribution in [0, 0.1) is 0 Å². The molecule has 0 spiro atoms. The Labute approximate surface area is 146 Å². The van der Waals surface area contributed by atoms with Gasteiger partial charge in [-0.1, -0.05) is 36.4 Å². The van der Waals surface area contributed by atoms with Gasteiger partial charge in [0.05, 0.1) is 17.0 Å². The lowest BCUT2D eigenvalue weighted by molar-refractivity contribution is -0.137. The summed E-state index contributed by atoms with van der Waals surface area (Å²) in [7, 11) is -3.73. The topological polar surface area (TPSA) is 65.4 Å². The van der Waals surface area contributed by atoms with Gasteiger partial charge in [-0.25, -0.2) is 17.2 Å². The molecule has 1 aromatic heterocycles. The summed E-state index contributed by atoms with van der Waals surface area (Å²) in [6.45, 7) is 2.01. The molecule has 0 bridgehead atoms. The number of hydrogen-bond donors (Lipinski definition) is 0. The fourth-order valence-corrected chi connectivity index (χ4v) is 3.96. The summed E-state index contributed by atoms with van der Waals surface area (Å²) in [6, 6.07) is 15.4. The maximum atomic E-state index is 12.9. The lowest BCUT2D eigenvalue weighted by Gasteiger charge is -2.07. The van der Waals surface area contributed by atoms with Crippen LogP contribution < -0.4 is 0 Å². The SMILES string of the molecule is CCOC(=O)/C=C/c1cn(S(=O)(=O)c2ccccc2)c2ccccc12. The van der Waals surface area contributed by atoms with Crippen LogP contribution in [0.2, 0.25) is 0 Å². The van der Waals surface area contributed by atoms with Crippen molar-refractivity contribution in [3.05, 3.63) is 72.4 Å². The maximum absolute atomic E-state index is 12.9. The smallest absolute Gasteiger partial charge is 0.330 e. The van der Waals surface area contributed by atoms with E-state index in [9.17, 15) is 13.2 Å². The summed E-state index contributed by atoms with van der Waals surface area (Å²) in [5, 5.41) is 0.738. The highest BCUT2D eigenvalue weighted by Crippen LogP contribution is 2.26. The molecule has 1 heterocycles. The molecule has 0 aliphatic carbocycles. The zero-order valence-corrected chi connectivity index (χ0v) is 14.4. The minimum Gasteiger partial charge on any atom is -0.463 e. The lowest BCUT2D eigenvalue weighted by Crippen LogP contribution is -2.11. The second-order valence-electron chi connectivity index (χ2n) is 5.30. The van der Waals surface area contributed by atoms with E-state index >= 15 is 0 Å². The van der Waals surface area contributed by atoms with Crippen LogP contribution in [0.5, 0.6) is 0 Å². The van der Waals surface area contributed by atoms with Crippen LogP contribution in [0.1, 0.15) is 12.5 Å². The predicted octanol–water partition coefficient (Wildman–Crippen LogP) is 3.45. The molecule has 0 aliphatic heterocycles. The van der Waals surface area contributed by atoms with Crippen molar-refractivity contribution in [1.29, 1.82) is 0 Å². The largest absolute Gasteiger partial charge is 0.463 e. The van der Waals surface area contributed by atoms with Gasteiger partial charge in [0.2, 0.25) is 0 Å². The summed E-state index contributed by atoms with van der Waals surface area (Å²) in [4.78, 5) is 11.7. The zero-order valence-electron chi connectivity index (χ0n) is 13.6. The number of rotatable bonds is 5. The number of aromatic nitrogens is 1. The van der Waals surface area contributed by atoms with Crippen LogP contribution in [0.3, 0.4) is 0 Å². The first-order valence-corrected chi connectivity index (χ1v) is 9.23. The van der Waals surface area contributed by atoms with Gasteiger partial charge in [-0.15, -0.1) is 0 Å². The van der Waals surface area contributed by atoms with Crippen molar-refractivity contribution in [2.45, 2.75) is 11.8 Å². The molecule has 6 heteroatoms. The molecule has 0 N–H and O–H groups in total. The fourth-order valence-electron chi connectivity index (χ4n) is 2.56. The number of para-hydroxylation sites is 1. The van der Waals surface area contributed by atoms with E-state index in [4.69, 9.17) is 4.74 Å². The lowest BCUT2D eigenvalue weighted by atomic mass is 10.1. The van der Waals surface area contributed by atoms with Crippen molar-refractivity contribution in [3.63, 3.8) is 0 Å². The Morgan fingerprint density at radius 3 is 2.48 bits per heavy atom. The molecule has 3 aromatic rings. The van der Waals surface area contributed by atoms with Gasteiger partial charge in [-0.3, -0.25) is 0 Å². The first-order chi connectivity index (χ1) is 12.0. The van der Waals surface area contributed by atoms with Gasteiger partial charge in [0.1, 0.15) is 0 Å². The molecule has 2 aromatic carbocycles. The fraction of sp³-hybridized carbons (Fsp3) is 0.105. The van der Waals surface area contributed by atoms with Crippen LogP contribution in [0.25, 0.3) is 17.0 Å². The number of fused-ring (bicyclic) bond motifs is 1. The number of ether oxygens (including phenoxy) is 1. The molecular weight excluding hydrogens is 338 g/mol. The van der Waals surface area contributed by atoms with Gasteiger partial charge in [-0.05, 0) is 31.2 Å². The monoisotopic (exact) mass is 355 g/mol. The Morgan fingerprint density at radius 1 is 1.08 bits per heavy atom. The number of nitrogens with zero attached hydrogens (tertiary/aromatic N) is 1. The number of carbonyl (C=O) groups excluding carboxylic acids is 1. The molecule has 0 fully saturated rings. The predicted molar refractivity (Wildman–Crippen MR) is 96.6 cm³/mol. The van der Waals surface area contributed by atoms with E-state index in [1.54, 1.807) is 55.5 Å². The number of hydrogen-bond acceptors (Lipinski definition) is 4. The Morgan fingerprint density at radius 2 is 1.76 bits per heavy atom. The highest BCUT2D eigenvalue weighted by molar-refractivity contribution is 7.90. The molecule has 0 amide bonds. The van der Waals surface area contributed by atoms with E-state index in [0.717, 1.165) is 5.39 Å². The third kappa shape index (κ3) is 3.34. The van der Waals surface area contributed by atoms with E-state index in [1.807, 2.05) is 12.1 Å². The van der Waals surface area contributed by atoms with Crippen LogP contribution in [0.15, 0.2) is 71.8 Å². The van der Waals surface area contributed by atoms with Crippen molar-refractivity contribution in [1.82, 2.24) is 3.97 Å². The van der Waals surface area contributed by atoms with Crippen LogP contribution in [0.4, 0.5) is 0 Å². The van der Waals surface area contributed by atoms with Crippen molar-refractivity contribution >= 4 is 33.0 Å². The van der Waals surface area contributed by atoms with E-state index in [0.29, 0.717) is 11.1 Å². The second kappa shape index (κ2) is 6.94. The molecule has 128 valence electrons. The van der Waals surface area contributed by atoms with Crippen LogP contribution in [-0.2, 0) is 19.6 Å². The Hall–Kier alpha value is -2.86. The van der Waals surface area contributed by atoms with Crippen LogP contribution in [-0.4, -0.2) is 25.0 Å². The van der Waals surface area contributed by atoms with Crippen molar-refractivity contribution in [2.75, 3.05) is 6.61 Å². The van der Waals surface area contributed by atoms with Crippen molar-refractivity contribution < 1.29 is 17.9 Å². The molecule has 25 heavy (non-hydrogen) atoms. The van der Waals surface area contributed by atoms with E-state index in [2.05, 4.69) is 0 Å². The Kier molecular flexibility index (Phi) is 4.72. The van der Waals surface area contributed by atoms with Crippen molar-refractivity contribution in [3.8, 4) is 0 Å². The first kappa shape index (κ1) is 17.0. The van der Waals surface area contributed by atoms with Crippen molar-refractivity contribution in [2.24, 2.45) is 0 Å². The number of benzene rings is 2. The minimum absolute atomic E-state index is 0.205. The second-order valence-corrected chi connectivity index (χ2v) is 7.12. The van der Waals surface area contributed by atoms with Gasteiger partial charge < -0.3 is 4.74 Å². The molecule has 0 saturated carbocycles. The first-order valence-electron chi connectivity index (χ1n) is 7.79. The average Bonchev–Trinajstić information content (AvgIpc) is 3.01. The van der Waals surface area contributed by atoms with E-state index in [1.165, 1.54) is 16.2 Å². The number of esters is 1. The molecular formula is C19H17NO4S. The minimum atomic E-state index is -3.73. The zero-order chi connectivity index (χ0) is 17.9. The molecule has 0 unspecified atom stereocenters. The average molecular weight is 355 g/mol. The molecule has 0 radical (unpaired) electrons. The Bertz CT molecular complexity index is 1030. The number of carbonyl (C=O) groups is 1. The van der Waals surface area contributed by atoms with Gasteiger partial charge >= 0.3 is 5.97 Å². The Balaban J connectivity index is 2.13. The quantitative estimate of drug-likeness (QED) is 0.519. The molecule has 0 saturated heterocycles. The van der Waals surface area contributed by atoms with E-state index < -0.39 is 16.0 Å². The summed E-state index contributed by atoms with van der Waals surface area (Å²) in [5.74, 6) is -0.467. The van der Waals surface area contributed by atoms with Gasteiger partial charge in [-0.2, -0.15) is 0 Å². The molecule has 0 aliphatic rings. The third-order valence-electron chi connectivity index (χ3n) is 3.69.